The van der Waals surface area contributed by atoms with Gasteiger partial charge in [0.1, 0.15) is 12.4 Å². The Hall–Kier alpha value is -2.50. The fourth-order valence-electron chi connectivity index (χ4n) is 2.51. The molecule has 1 aromatic rings. The minimum absolute atomic E-state index is 0.0927. The van der Waals surface area contributed by atoms with E-state index < -0.39 is 0 Å². The molecule has 0 saturated carbocycles. The molecule has 6 heteroatoms. The highest BCUT2D eigenvalue weighted by Crippen LogP contribution is 2.25. The number of benzene rings is 1. The lowest BCUT2D eigenvalue weighted by Crippen LogP contribution is -2.41. The van der Waals surface area contributed by atoms with Crippen LogP contribution in [0.1, 0.15) is 23.2 Å². The Kier molecular flexibility index (Phi) is 5.04. The zero-order chi connectivity index (χ0) is 16.1. The first-order valence-electron chi connectivity index (χ1n) is 7.24. The molecule has 0 aromatic heterocycles. The lowest BCUT2D eigenvalue weighted by molar-refractivity contribution is -0.123. The molecule has 0 atom stereocenters. The van der Waals surface area contributed by atoms with Gasteiger partial charge in [-0.3, -0.25) is 9.59 Å². The molecule has 4 N–H and O–H groups in total. The number of ether oxygens (including phenoxy) is 1. The fraction of sp³-hybridized carbons (Fsp3) is 0.375. The standard InChI is InChI=1S/C16H21N3O3/c1-2-9-22-14-4-3-12(10-13(14)17)16(21)19-7-5-11(6-8-19)15(18)20/h2-4,10-11H,1,5-9,17H2,(H2,18,20). The van der Waals surface area contributed by atoms with Crippen LogP contribution in [0.15, 0.2) is 30.9 Å². The lowest BCUT2D eigenvalue weighted by atomic mass is 9.96. The normalized spacial score (nSPS) is 15.4. The van der Waals surface area contributed by atoms with Crippen molar-refractivity contribution in [2.24, 2.45) is 11.7 Å². The molecule has 1 aliphatic rings. The van der Waals surface area contributed by atoms with Crippen molar-refractivity contribution in [2.75, 3.05) is 25.4 Å². The number of carbonyl (C=O) groups excluding carboxylic acids is 2. The number of piperidine rings is 1. The second kappa shape index (κ2) is 6.98. The van der Waals surface area contributed by atoms with E-state index in [1.54, 1.807) is 29.2 Å². The molecule has 0 spiro atoms. The van der Waals surface area contributed by atoms with Gasteiger partial charge in [0.2, 0.25) is 5.91 Å². The quantitative estimate of drug-likeness (QED) is 0.630. The Balaban J connectivity index is 2.02. The summed E-state index contributed by atoms with van der Waals surface area (Å²) in [6.45, 7) is 4.99. The largest absolute Gasteiger partial charge is 0.487 e. The molecule has 6 nitrogen and oxygen atoms in total. The second-order valence-corrected chi connectivity index (χ2v) is 5.32. The number of hydrogen-bond donors (Lipinski definition) is 2. The van der Waals surface area contributed by atoms with E-state index in [4.69, 9.17) is 16.2 Å². The van der Waals surface area contributed by atoms with Crippen molar-refractivity contribution in [2.45, 2.75) is 12.8 Å². The number of nitrogen functional groups attached to an aromatic ring is 1. The number of primary amides is 1. The highest BCUT2D eigenvalue weighted by molar-refractivity contribution is 5.95. The van der Waals surface area contributed by atoms with Gasteiger partial charge in [-0.25, -0.2) is 0 Å². The third-order valence-electron chi connectivity index (χ3n) is 3.80. The van der Waals surface area contributed by atoms with E-state index >= 15 is 0 Å². The Morgan fingerprint density at radius 1 is 1.36 bits per heavy atom. The number of carbonyl (C=O) groups is 2. The smallest absolute Gasteiger partial charge is 0.253 e. The summed E-state index contributed by atoms with van der Waals surface area (Å²) in [6.07, 6.45) is 2.84. The monoisotopic (exact) mass is 303 g/mol. The predicted molar refractivity (Wildman–Crippen MR) is 84.4 cm³/mol. The average Bonchev–Trinajstić information content (AvgIpc) is 2.53. The molecule has 1 aliphatic heterocycles. The van der Waals surface area contributed by atoms with Crippen molar-refractivity contribution in [3.8, 4) is 5.75 Å². The van der Waals surface area contributed by atoms with Gasteiger partial charge in [0.25, 0.3) is 5.91 Å². The van der Waals surface area contributed by atoms with Gasteiger partial charge in [-0.2, -0.15) is 0 Å². The molecule has 1 fully saturated rings. The summed E-state index contributed by atoms with van der Waals surface area (Å²) in [6, 6.07) is 4.99. The highest BCUT2D eigenvalue weighted by atomic mass is 16.5. The van der Waals surface area contributed by atoms with Crippen LogP contribution in [0.4, 0.5) is 5.69 Å². The van der Waals surface area contributed by atoms with Crippen molar-refractivity contribution >= 4 is 17.5 Å². The molecule has 0 aliphatic carbocycles. The Morgan fingerprint density at radius 3 is 2.59 bits per heavy atom. The number of amides is 2. The van der Waals surface area contributed by atoms with Gasteiger partial charge in [-0.15, -0.1) is 0 Å². The summed E-state index contributed by atoms with van der Waals surface area (Å²) in [4.78, 5) is 25.3. The van der Waals surface area contributed by atoms with E-state index in [0.29, 0.717) is 49.5 Å². The number of likely N-dealkylation sites (tertiary alicyclic amines) is 1. The van der Waals surface area contributed by atoms with Crippen LogP contribution in [-0.4, -0.2) is 36.4 Å². The second-order valence-electron chi connectivity index (χ2n) is 5.32. The number of nitrogens with zero attached hydrogens (tertiary/aromatic N) is 1. The topological polar surface area (TPSA) is 98.6 Å². The molecular weight excluding hydrogens is 282 g/mol. The van der Waals surface area contributed by atoms with E-state index in [9.17, 15) is 9.59 Å². The molecule has 22 heavy (non-hydrogen) atoms. The third kappa shape index (κ3) is 3.58. The van der Waals surface area contributed by atoms with Crippen LogP contribution >= 0.6 is 0 Å². The van der Waals surface area contributed by atoms with E-state index in [1.807, 2.05) is 0 Å². The molecule has 0 radical (unpaired) electrons. The Labute approximate surface area is 129 Å². The maximum Gasteiger partial charge on any atom is 0.253 e. The molecule has 2 amide bonds. The maximum absolute atomic E-state index is 12.5. The van der Waals surface area contributed by atoms with Gasteiger partial charge in [-0.1, -0.05) is 12.7 Å². The lowest BCUT2D eigenvalue weighted by Gasteiger charge is -2.30. The fourth-order valence-corrected chi connectivity index (χ4v) is 2.51. The molecule has 0 unspecified atom stereocenters. The molecule has 1 heterocycles. The van der Waals surface area contributed by atoms with Crippen molar-refractivity contribution in [3.05, 3.63) is 36.4 Å². The number of anilines is 1. The summed E-state index contributed by atoms with van der Waals surface area (Å²) < 4.78 is 5.39. The van der Waals surface area contributed by atoms with Gasteiger partial charge in [0.05, 0.1) is 5.69 Å². The highest BCUT2D eigenvalue weighted by Gasteiger charge is 2.26. The summed E-state index contributed by atoms with van der Waals surface area (Å²) in [5.41, 5.74) is 12.1. The van der Waals surface area contributed by atoms with Gasteiger partial charge in [0.15, 0.2) is 0 Å². The van der Waals surface area contributed by atoms with Crippen molar-refractivity contribution < 1.29 is 14.3 Å². The molecule has 118 valence electrons. The average molecular weight is 303 g/mol. The SMILES string of the molecule is C=CCOc1ccc(C(=O)N2CCC(C(N)=O)CC2)cc1N. The first-order valence-corrected chi connectivity index (χ1v) is 7.24. The molecule has 0 bridgehead atoms. The summed E-state index contributed by atoms with van der Waals surface area (Å²) >= 11 is 0. The molecule has 1 saturated heterocycles. The predicted octanol–water partition coefficient (Wildman–Crippen LogP) is 1.17. The van der Waals surface area contributed by atoms with Crippen LogP contribution in [0.3, 0.4) is 0 Å². The van der Waals surface area contributed by atoms with E-state index in [2.05, 4.69) is 6.58 Å². The van der Waals surface area contributed by atoms with Crippen LogP contribution in [-0.2, 0) is 4.79 Å². The summed E-state index contributed by atoms with van der Waals surface area (Å²) in [5, 5.41) is 0. The van der Waals surface area contributed by atoms with Crippen LogP contribution in [0, 0.1) is 5.92 Å². The summed E-state index contributed by atoms with van der Waals surface area (Å²) in [5.74, 6) is 0.0117. The van der Waals surface area contributed by atoms with Gasteiger partial charge in [-0.05, 0) is 31.0 Å². The number of hydrogen-bond acceptors (Lipinski definition) is 4. The number of nitrogens with two attached hydrogens (primary N) is 2. The third-order valence-corrected chi connectivity index (χ3v) is 3.80. The first-order chi connectivity index (χ1) is 10.5. The van der Waals surface area contributed by atoms with Gasteiger partial charge in [0, 0.05) is 24.6 Å². The number of rotatable bonds is 5. The van der Waals surface area contributed by atoms with Crippen molar-refractivity contribution in [1.82, 2.24) is 4.90 Å². The Morgan fingerprint density at radius 2 is 2.05 bits per heavy atom. The van der Waals surface area contributed by atoms with Crippen molar-refractivity contribution in [3.63, 3.8) is 0 Å². The zero-order valence-electron chi connectivity index (χ0n) is 12.5. The van der Waals surface area contributed by atoms with Crippen LogP contribution in [0.25, 0.3) is 0 Å². The van der Waals surface area contributed by atoms with Crippen LogP contribution in [0.2, 0.25) is 0 Å². The minimum atomic E-state index is -0.292. The van der Waals surface area contributed by atoms with Crippen LogP contribution < -0.4 is 16.2 Å². The zero-order valence-corrected chi connectivity index (χ0v) is 12.5. The summed E-state index contributed by atoms with van der Waals surface area (Å²) in [7, 11) is 0. The molecular formula is C16H21N3O3. The van der Waals surface area contributed by atoms with E-state index in [1.165, 1.54) is 0 Å². The first kappa shape index (κ1) is 15.9. The van der Waals surface area contributed by atoms with Crippen molar-refractivity contribution in [1.29, 1.82) is 0 Å². The Bertz CT molecular complexity index is 578. The molecule has 2 rings (SSSR count). The van der Waals surface area contributed by atoms with E-state index in [0.717, 1.165) is 0 Å². The molecule has 1 aromatic carbocycles. The maximum atomic E-state index is 12.5. The van der Waals surface area contributed by atoms with Crippen LogP contribution in [0.5, 0.6) is 5.75 Å². The minimum Gasteiger partial charge on any atom is -0.487 e. The van der Waals surface area contributed by atoms with E-state index in [-0.39, 0.29) is 17.7 Å². The van der Waals surface area contributed by atoms with Gasteiger partial charge >= 0.3 is 0 Å². The van der Waals surface area contributed by atoms with Gasteiger partial charge < -0.3 is 21.1 Å².